The smallest absolute Gasteiger partial charge is 0.139 e. The SMILES string of the molecule is COc1cc(C)nc(COc2cncc(C#CCN)c2)c1. The molecule has 0 aliphatic rings. The Hall–Kier alpha value is -2.58. The van der Waals surface area contributed by atoms with Crippen molar-refractivity contribution >= 4 is 0 Å². The van der Waals surface area contributed by atoms with Crippen LogP contribution in [0.4, 0.5) is 0 Å². The van der Waals surface area contributed by atoms with Gasteiger partial charge in [-0.05, 0) is 13.0 Å². The fourth-order valence-corrected chi connectivity index (χ4v) is 1.77. The van der Waals surface area contributed by atoms with Crippen molar-refractivity contribution in [3.63, 3.8) is 0 Å². The number of nitrogens with two attached hydrogens (primary N) is 1. The number of aryl methyl sites for hydroxylation is 1. The van der Waals surface area contributed by atoms with E-state index in [1.165, 1.54) is 0 Å². The lowest BCUT2D eigenvalue weighted by Crippen LogP contribution is -2.01. The van der Waals surface area contributed by atoms with Crippen LogP contribution in [0.5, 0.6) is 11.5 Å². The summed E-state index contributed by atoms with van der Waals surface area (Å²) in [6.45, 7) is 2.57. The predicted octanol–water partition coefficient (Wildman–Crippen LogP) is 1.68. The van der Waals surface area contributed by atoms with Gasteiger partial charge >= 0.3 is 0 Å². The van der Waals surface area contributed by atoms with Crippen LogP contribution in [-0.2, 0) is 6.61 Å². The highest BCUT2D eigenvalue weighted by Crippen LogP contribution is 2.16. The molecule has 2 aromatic heterocycles. The molecule has 0 bridgehead atoms. The largest absolute Gasteiger partial charge is 0.497 e. The number of hydrogen-bond acceptors (Lipinski definition) is 5. The van der Waals surface area contributed by atoms with Crippen LogP contribution in [0, 0.1) is 18.8 Å². The Bertz CT molecular complexity index is 675. The quantitative estimate of drug-likeness (QED) is 0.865. The summed E-state index contributed by atoms with van der Waals surface area (Å²) in [5, 5.41) is 0. The van der Waals surface area contributed by atoms with Crippen molar-refractivity contribution < 1.29 is 9.47 Å². The van der Waals surface area contributed by atoms with E-state index in [0.717, 1.165) is 22.7 Å². The zero-order valence-electron chi connectivity index (χ0n) is 12.1. The van der Waals surface area contributed by atoms with E-state index >= 15 is 0 Å². The molecule has 0 fully saturated rings. The second kappa shape index (κ2) is 7.27. The lowest BCUT2D eigenvalue weighted by atomic mass is 10.3. The Morgan fingerprint density at radius 1 is 1.19 bits per heavy atom. The van der Waals surface area contributed by atoms with Crippen molar-refractivity contribution in [2.75, 3.05) is 13.7 Å². The Balaban J connectivity index is 2.07. The highest BCUT2D eigenvalue weighted by Gasteiger charge is 2.02. The summed E-state index contributed by atoms with van der Waals surface area (Å²) < 4.78 is 10.9. The molecule has 2 N–H and O–H groups in total. The highest BCUT2D eigenvalue weighted by atomic mass is 16.5. The summed E-state index contributed by atoms with van der Waals surface area (Å²) in [6.07, 6.45) is 3.31. The molecular weight excluding hydrogens is 266 g/mol. The van der Waals surface area contributed by atoms with Crippen LogP contribution in [0.1, 0.15) is 17.0 Å². The fraction of sp³-hybridized carbons (Fsp3) is 0.250. The first-order valence-electron chi connectivity index (χ1n) is 6.49. The molecule has 0 aliphatic carbocycles. The summed E-state index contributed by atoms with van der Waals surface area (Å²) in [5.41, 5.74) is 7.80. The number of rotatable bonds is 4. The van der Waals surface area contributed by atoms with E-state index in [1.807, 2.05) is 25.1 Å². The minimum atomic E-state index is 0.318. The van der Waals surface area contributed by atoms with Gasteiger partial charge in [0.1, 0.15) is 18.1 Å². The molecule has 0 aromatic carbocycles. The summed E-state index contributed by atoms with van der Waals surface area (Å²) in [7, 11) is 1.63. The zero-order valence-corrected chi connectivity index (χ0v) is 12.1. The maximum Gasteiger partial charge on any atom is 0.139 e. The van der Waals surface area contributed by atoms with E-state index in [0.29, 0.717) is 18.9 Å². The first kappa shape index (κ1) is 14.8. The third-order valence-corrected chi connectivity index (χ3v) is 2.65. The number of nitrogens with zero attached hydrogens (tertiary/aromatic N) is 2. The van der Waals surface area contributed by atoms with Crippen LogP contribution in [-0.4, -0.2) is 23.6 Å². The third kappa shape index (κ3) is 4.48. The number of aromatic nitrogens is 2. The van der Waals surface area contributed by atoms with Crippen molar-refractivity contribution in [2.45, 2.75) is 13.5 Å². The molecule has 108 valence electrons. The average Bonchev–Trinajstić information content (AvgIpc) is 2.51. The Labute approximate surface area is 124 Å². The summed E-state index contributed by atoms with van der Waals surface area (Å²) >= 11 is 0. The molecule has 2 rings (SSSR count). The van der Waals surface area contributed by atoms with E-state index in [4.69, 9.17) is 15.2 Å². The zero-order chi connectivity index (χ0) is 15.1. The van der Waals surface area contributed by atoms with E-state index < -0.39 is 0 Å². The van der Waals surface area contributed by atoms with Gasteiger partial charge in [0.05, 0.1) is 25.5 Å². The maximum atomic E-state index is 5.69. The van der Waals surface area contributed by atoms with Gasteiger partial charge < -0.3 is 15.2 Å². The van der Waals surface area contributed by atoms with Crippen LogP contribution in [0.15, 0.2) is 30.6 Å². The lowest BCUT2D eigenvalue weighted by Gasteiger charge is -2.08. The van der Waals surface area contributed by atoms with Gasteiger partial charge in [-0.1, -0.05) is 11.8 Å². The molecule has 0 radical (unpaired) electrons. The van der Waals surface area contributed by atoms with Gasteiger partial charge in [0.25, 0.3) is 0 Å². The molecule has 21 heavy (non-hydrogen) atoms. The molecular formula is C16H17N3O2. The highest BCUT2D eigenvalue weighted by molar-refractivity contribution is 5.37. The molecule has 2 heterocycles. The van der Waals surface area contributed by atoms with E-state index in [1.54, 1.807) is 19.5 Å². The number of ether oxygens (including phenoxy) is 2. The van der Waals surface area contributed by atoms with Crippen LogP contribution in [0.25, 0.3) is 0 Å². The third-order valence-electron chi connectivity index (χ3n) is 2.65. The van der Waals surface area contributed by atoms with Crippen LogP contribution < -0.4 is 15.2 Å². The Morgan fingerprint density at radius 3 is 2.81 bits per heavy atom. The molecule has 0 atom stereocenters. The monoisotopic (exact) mass is 283 g/mol. The average molecular weight is 283 g/mol. The first-order chi connectivity index (χ1) is 10.2. The van der Waals surface area contributed by atoms with E-state index in [-0.39, 0.29) is 0 Å². The van der Waals surface area contributed by atoms with Crippen molar-refractivity contribution in [3.05, 3.63) is 47.5 Å². The molecule has 0 saturated heterocycles. The molecule has 0 unspecified atom stereocenters. The molecule has 0 saturated carbocycles. The van der Waals surface area contributed by atoms with Crippen LogP contribution in [0.3, 0.4) is 0 Å². The van der Waals surface area contributed by atoms with Gasteiger partial charge in [-0.25, -0.2) is 0 Å². The molecule has 5 nitrogen and oxygen atoms in total. The van der Waals surface area contributed by atoms with Crippen molar-refractivity contribution in [1.82, 2.24) is 9.97 Å². The first-order valence-corrected chi connectivity index (χ1v) is 6.49. The Kier molecular flexibility index (Phi) is 5.13. The molecule has 2 aromatic rings. The van der Waals surface area contributed by atoms with E-state index in [9.17, 15) is 0 Å². The normalized spacial score (nSPS) is 9.67. The topological polar surface area (TPSA) is 70.3 Å². The van der Waals surface area contributed by atoms with Crippen LogP contribution >= 0.6 is 0 Å². The van der Waals surface area contributed by atoms with Crippen molar-refractivity contribution in [3.8, 4) is 23.3 Å². The number of hydrogen-bond donors (Lipinski definition) is 1. The van der Waals surface area contributed by atoms with Gasteiger partial charge in [-0.15, -0.1) is 0 Å². The summed E-state index contributed by atoms with van der Waals surface area (Å²) in [4.78, 5) is 8.49. The van der Waals surface area contributed by atoms with Gasteiger partial charge in [0, 0.05) is 29.6 Å². The number of methoxy groups -OCH3 is 1. The van der Waals surface area contributed by atoms with Crippen LogP contribution in [0.2, 0.25) is 0 Å². The maximum absolute atomic E-state index is 5.69. The standard InChI is InChI=1S/C16H17N3O2/c1-12-6-15(20-2)8-14(19-12)11-21-16-7-13(4-3-5-17)9-18-10-16/h6-10H,5,11,17H2,1-2H3. The van der Waals surface area contributed by atoms with Gasteiger partial charge in [-0.3, -0.25) is 9.97 Å². The molecule has 5 heteroatoms. The molecule has 0 aliphatic heterocycles. The number of pyridine rings is 2. The minimum Gasteiger partial charge on any atom is -0.497 e. The Morgan fingerprint density at radius 2 is 2.05 bits per heavy atom. The van der Waals surface area contributed by atoms with Crippen molar-refractivity contribution in [2.24, 2.45) is 5.73 Å². The predicted molar refractivity (Wildman–Crippen MR) is 80.0 cm³/mol. The minimum absolute atomic E-state index is 0.318. The van der Waals surface area contributed by atoms with Gasteiger partial charge in [0.2, 0.25) is 0 Å². The van der Waals surface area contributed by atoms with Crippen molar-refractivity contribution in [1.29, 1.82) is 0 Å². The van der Waals surface area contributed by atoms with E-state index in [2.05, 4.69) is 21.8 Å². The summed E-state index contributed by atoms with van der Waals surface area (Å²) in [5.74, 6) is 7.10. The molecule has 0 spiro atoms. The van der Waals surface area contributed by atoms with Gasteiger partial charge in [-0.2, -0.15) is 0 Å². The molecule has 0 amide bonds. The lowest BCUT2D eigenvalue weighted by molar-refractivity contribution is 0.298. The fourth-order valence-electron chi connectivity index (χ4n) is 1.77. The second-order valence-electron chi connectivity index (χ2n) is 4.34. The summed E-state index contributed by atoms with van der Waals surface area (Å²) in [6, 6.07) is 5.54. The second-order valence-corrected chi connectivity index (χ2v) is 4.34. The van der Waals surface area contributed by atoms with Gasteiger partial charge in [0.15, 0.2) is 0 Å².